The fourth-order valence-corrected chi connectivity index (χ4v) is 3.33. The highest BCUT2D eigenvalue weighted by Gasteiger charge is 2.32. The molecule has 0 aliphatic carbocycles. The number of aryl methyl sites for hydroxylation is 1. The topological polar surface area (TPSA) is 33.0 Å². The van der Waals surface area contributed by atoms with Gasteiger partial charge in [-0.15, -0.1) is 0 Å². The molecular formula is C19H22BrN2OS+. The number of nitrogens with one attached hydrogen (secondary N) is 1. The lowest BCUT2D eigenvalue weighted by Crippen LogP contribution is -2.51. The van der Waals surface area contributed by atoms with E-state index in [0.717, 1.165) is 17.3 Å². The second-order valence-electron chi connectivity index (χ2n) is 5.58. The summed E-state index contributed by atoms with van der Waals surface area (Å²) >= 11 is 8.91. The molecule has 0 saturated carbocycles. The van der Waals surface area contributed by atoms with Crippen LogP contribution in [0.4, 0.5) is 0 Å². The Bertz CT molecular complexity index is 716. The second-order valence-corrected chi connectivity index (χ2v) is 6.93. The van der Waals surface area contributed by atoms with Crippen molar-refractivity contribution < 1.29 is 9.36 Å². The molecule has 1 atom stereocenters. The highest BCUT2D eigenvalue weighted by atomic mass is 79.9. The Labute approximate surface area is 157 Å². The maximum Gasteiger partial charge on any atom is 0.270 e. The average Bonchev–Trinajstić information content (AvgIpc) is 2.57. The number of benzene rings is 1. The number of hydrogen-bond acceptors (Lipinski definition) is 2. The molecule has 0 radical (unpaired) electrons. The number of aromatic nitrogens is 1. The molecule has 0 aliphatic rings. The number of carbonyl (C=O) groups is 1. The summed E-state index contributed by atoms with van der Waals surface area (Å²) in [5.41, 5.74) is 1.90. The molecule has 2 aromatic rings. The molecule has 0 saturated heterocycles. The molecule has 0 bridgehead atoms. The van der Waals surface area contributed by atoms with E-state index in [1.807, 2.05) is 48.1 Å². The molecule has 0 spiro atoms. The normalized spacial score (nSPS) is 11.8. The van der Waals surface area contributed by atoms with Crippen molar-refractivity contribution in [3.05, 3.63) is 64.4 Å². The summed E-state index contributed by atoms with van der Waals surface area (Å²) in [6.07, 6.45) is 6.01. The average molecular weight is 406 g/mol. The zero-order chi connectivity index (χ0) is 17.5. The van der Waals surface area contributed by atoms with Crippen LogP contribution in [0.3, 0.4) is 0 Å². The van der Waals surface area contributed by atoms with Crippen LogP contribution in [-0.2, 0) is 6.42 Å². The number of rotatable bonds is 7. The summed E-state index contributed by atoms with van der Waals surface area (Å²) in [6.45, 7) is 4.82. The van der Waals surface area contributed by atoms with Crippen LogP contribution in [0.15, 0.2) is 53.3 Å². The Morgan fingerprint density at radius 1 is 1.25 bits per heavy atom. The third-order valence-corrected chi connectivity index (χ3v) is 4.58. The van der Waals surface area contributed by atoms with Crippen LogP contribution in [0.1, 0.15) is 42.2 Å². The van der Waals surface area contributed by atoms with E-state index in [1.54, 1.807) is 0 Å². The molecule has 2 rings (SSSR count). The van der Waals surface area contributed by atoms with Crippen molar-refractivity contribution >= 4 is 38.9 Å². The largest absolute Gasteiger partial charge is 0.374 e. The van der Waals surface area contributed by atoms with Gasteiger partial charge in [0.05, 0.1) is 0 Å². The Hall–Kier alpha value is -1.59. The number of carbonyl (C=O) groups excluding carboxylic acids is 1. The smallest absolute Gasteiger partial charge is 0.270 e. The number of thiocarbonyl (C=S) groups is 1. The first-order valence-corrected chi connectivity index (χ1v) is 9.34. The number of halogens is 1. The van der Waals surface area contributed by atoms with Crippen LogP contribution >= 0.6 is 28.1 Å². The van der Waals surface area contributed by atoms with E-state index in [0.29, 0.717) is 17.1 Å². The maximum atomic E-state index is 13.1. The van der Waals surface area contributed by atoms with E-state index in [4.69, 9.17) is 12.2 Å². The van der Waals surface area contributed by atoms with Gasteiger partial charge in [-0.05, 0) is 31.0 Å². The molecular weight excluding hydrogens is 384 g/mol. The first-order valence-electron chi connectivity index (χ1n) is 8.14. The predicted octanol–water partition coefficient (Wildman–Crippen LogP) is 4.05. The van der Waals surface area contributed by atoms with Gasteiger partial charge in [0.1, 0.15) is 0 Å². The zero-order valence-corrected chi connectivity index (χ0v) is 16.4. The van der Waals surface area contributed by atoms with Gasteiger partial charge in [-0.1, -0.05) is 53.6 Å². The lowest BCUT2D eigenvalue weighted by molar-refractivity contribution is -0.692. The second kappa shape index (κ2) is 9.04. The van der Waals surface area contributed by atoms with Crippen LogP contribution in [-0.4, -0.2) is 17.3 Å². The molecule has 24 heavy (non-hydrogen) atoms. The van der Waals surface area contributed by atoms with Crippen molar-refractivity contribution in [2.24, 2.45) is 0 Å². The minimum absolute atomic E-state index is 0.0181. The third kappa shape index (κ3) is 4.71. The molecule has 1 aromatic heterocycles. The van der Waals surface area contributed by atoms with E-state index >= 15 is 0 Å². The zero-order valence-electron chi connectivity index (χ0n) is 14.0. The minimum Gasteiger partial charge on any atom is -0.374 e. The van der Waals surface area contributed by atoms with Crippen LogP contribution in [0.25, 0.3) is 0 Å². The number of nitrogens with zero attached hydrogens (tertiary/aromatic N) is 1. The molecule has 1 aromatic carbocycles. The summed E-state index contributed by atoms with van der Waals surface area (Å²) in [5, 5.41) is 3.13. The molecule has 126 valence electrons. The van der Waals surface area contributed by atoms with Gasteiger partial charge in [0.15, 0.2) is 17.4 Å². The summed E-state index contributed by atoms with van der Waals surface area (Å²) in [5.74, 6) is -0.0181. The monoisotopic (exact) mass is 405 g/mol. The number of Topliss-reactive ketones (excluding diaryl/α,β-unsaturated/α-hetero) is 1. The van der Waals surface area contributed by atoms with E-state index in [1.165, 1.54) is 5.56 Å². The molecule has 0 aliphatic heterocycles. The minimum atomic E-state index is -0.537. The predicted molar refractivity (Wildman–Crippen MR) is 104 cm³/mol. The Kier molecular flexibility index (Phi) is 7.06. The van der Waals surface area contributed by atoms with Crippen molar-refractivity contribution in [3.63, 3.8) is 0 Å². The number of ketones is 1. The molecule has 0 amide bonds. The molecule has 0 unspecified atom stereocenters. The summed E-state index contributed by atoms with van der Waals surface area (Å²) in [6, 6.07) is 11.0. The van der Waals surface area contributed by atoms with Crippen molar-refractivity contribution in [2.75, 3.05) is 6.54 Å². The van der Waals surface area contributed by atoms with Gasteiger partial charge in [0.2, 0.25) is 5.78 Å². The van der Waals surface area contributed by atoms with Crippen LogP contribution in [0.2, 0.25) is 0 Å². The first-order chi connectivity index (χ1) is 11.6. The number of hydrogen-bond donors (Lipinski definition) is 1. The summed E-state index contributed by atoms with van der Waals surface area (Å²) in [4.78, 5) is 13.6. The van der Waals surface area contributed by atoms with Crippen molar-refractivity contribution in [3.8, 4) is 0 Å². The SMILES string of the molecule is CCCc1cc[n+]([C@@H](C(=O)c2cccc(Br)c2)C(=S)NCC)cc1. The van der Waals surface area contributed by atoms with Gasteiger partial charge in [-0.3, -0.25) is 4.79 Å². The van der Waals surface area contributed by atoms with Crippen LogP contribution in [0, 0.1) is 0 Å². The lowest BCUT2D eigenvalue weighted by atomic mass is 10.0. The molecule has 0 fully saturated rings. The van der Waals surface area contributed by atoms with Gasteiger partial charge in [0, 0.05) is 28.7 Å². The van der Waals surface area contributed by atoms with Gasteiger partial charge in [0.25, 0.3) is 6.04 Å². The molecule has 1 N–H and O–H groups in total. The van der Waals surface area contributed by atoms with Crippen LogP contribution in [0.5, 0.6) is 0 Å². The van der Waals surface area contributed by atoms with E-state index in [2.05, 4.69) is 40.3 Å². The number of pyridine rings is 1. The van der Waals surface area contributed by atoms with E-state index in [-0.39, 0.29) is 5.78 Å². The fourth-order valence-electron chi connectivity index (χ4n) is 2.56. The molecule has 1 heterocycles. The number of likely N-dealkylation sites (N-methyl/N-ethyl adjacent to an activating group) is 1. The van der Waals surface area contributed by atoms with Gasteiger partial charge < -0.3 is 5.32 Å². The van der Waals surface area contributed by atoms with E-state index in [9.17, 15) is 4.79 Å². The van der Waals surface area contributed by atoms with E-state index < -0.39 is 6.04 Å². The summed E-state index contributed by atoms with van der Waals surface area (Å²) in [7, 11) is 0. The first kappa shape index (κ1) is 18.7. The highest BCUT2D eigenvalue weighted by molar-refractivity contribution is 9.10. The highest BCUT2D eigenvalue weighted by Crippen LogP contribution is 2.16. The van der Waals surface area contributed by atoms with Gasteiger partial charge in [-0.25, -0.2) is 0 Å². The maximum absolute atomic E-state index is 13.1. The lowest BCUT2D eigenvalue weighted by Gasteiger charge is -2.14. The summed E-state index contributed by atoms with van der Waals surface area (Å²) < 4.78 is 2.76. The van der Waals surface area contributed by atoms with Crippen molar-refractivity contribution in [1.82, 2.24) is 5.32 Å². The third-order valence-electron chi connectivity index (χ3n) is 3.72. The van der Waals surface area contributed by atoms with Gasteiger partial charge >= 0.3 is 0 Å². The fraction of sp³-hybridized carbons (Fsp3) is 0.316. The quantitative estimate of drug-likeness (QED) is 0.428. The van der Waals surface area contributed by atoms with Crippen molar-refractivity contribution in [1.29, 1.82) is 0 Å². The molecule has 3 nitrogen and oxygen atoms in total. The Morgan fingerprint density at radius 2 is 1.96 bits per heavy atom. The standard InChI is InChI=1S/C19H21BrN2OS/c1-3-6-14-9-11-22(12-10-14)17(19(24)21-4-2)18(23)15-7-5-8-16(20)13-15/h5,7-13,17H,3-4,6H2,1-2H3/p+1/t17-/m0/s1. The Balaban J connectivity index is 2.37. The van der Waals surface area contributed by atoms with Crippen LogP contribution < -0.4 is 9.88 Å². The molecule has 5 heteroatoms. The Morgan fingerprint density at radius 3 is 2.54 bits per heavy atom. The van der Waals surface area contributed by atoms with Crippen molar-refractivity contribution in [2.45, 2.75) is 32.7 Å². The van der Waals surface area contributed by atoms with Gasteiger partial charge in [-0.2, -0.15) is 4.57 Å².